The second kappa shape index (κ2) is 31.3. The molecule has 2 N–H and O–H groups in total. The summed E-state index contributed by atoms with van der Waals surface area (Å²) in [5.74, 6) is 0.509. The highest BCUT2D eigenvalue weighted by Gasteiger charge is 2.56. The highest BCUT2D eigenvalue weighted by Crippen LogP contribution is 2.55. The number of carbonyl (C=O) groups excluding carboxylic acids is 5. The van der Waals surface area contributed by atoms with Crippen LogP contribution in [0.25, 0.3) is 28.3 Å². The van der Waals surface area contributed by atoms with Gasteiger partial charge in [-0.25, -0.2) is 18.4 Å². The zero-order valence-corrected chi connectivity index (χ0v) is 49.7. The van der Waals surface area contributed by atoms with Gasteiger partial charge in [0.25, 0.3) is 0 Å². The smallest absolute Gasteiger partial charge is 0.407 e. The van der Waals surface area contributed by atoms with Gasteiger partial charge in [0.2, 0.25) is 0 Å². The quantitative estimate of drug-likeness (QED) is 0.0373. The number of rotatable bonds is 15. The molecule has 6 aliphatic rings. The molecule has 2 aromatic heterocycles. The predicted molar refractivity (Wildman–Crippen MR) is 317 cm³/mol. The zero-order chi connectivity index (χ0) is 60.5. The summed E-state index contributed by atoms with van der Waals surface area (Å²) in [6.45, 7) is 12.4. The van der Waals surface area contributed by atoms with Gasteiger partial charge < -0.3 is 43.4 Å². The second-order valence-corrected chi connectivity index (χ2v) is 24.3. The van der Waals surface area contributed by atoms with Crippen molar-refractivity contribution >= 4 is 66.6 Å². The zero-order valence-electron chi connectivity index (χ0n) is 48.8. The van der Waals surface area contributed by atoms with Crippen LogP contribution in [-0.2, 0) is 53.1 Å². The standard InChI is InChI=1S/C29H33FN2O4.C17H25NO5.C16H19FNO3P.B3/c1-3-35-29(34)32-23-10-11-24-20(14-23)15-26-27(17(2)36-28(26)33)25(24)12-9-22-8-7-19(16-31-22)18-5-4-6-21(30)13-18;1-3-22-17(21)18-11-4-5-12-10(6-11)7-13-15(14(12)8-19)9(2)23-16(13)20;1-3-20-22(19,21-4-2)12-16-9-8-14(11-18-16)13-6-5-7-15(17)10-13;1-3-2/h4-9,12-13,16-17,20,23-27H,3,10-11,14-15H2,1-2H3,(H,32,34);8-15H,3-7H2,1-2H3,(H,18,21);5-11H,3-4,12H2,1-2H3;/b12-9+;;;/t17-,20+,23?,24-,25+,26-,27+;9-,10+,11?,12-,13-,14+,15-;;/m11../s1. The monoisotopic (exact) mass is 1170 g/mol. The minimum atomic E-state index is -3.16. The normalized spacial score (nSPS) is 28.2. The number of amides is 2. The molecule has 14 atom stereocenters. The first-order valence-corrected chi connectivity index (χ1v) is 31.1. The Balaban J connectivity index is 0.000000184. The highest BCUT2D eigenvalue weighted by atomic mass is 31.2. The van der Waals surface area contributed by atoms with Crippen LogP contribution in [0.3, 0.4) is 0 Å². The topological polar surface area (TPSA) is 208 Å². The van der Waals surface area contributed by atoms with Crippen LogP contribution in [0, 0.1) is 70.8 Å². The lowest BCUT2D eigenvalue weighted by Crippen LogP contribution is -2.49. The highest BCUT2D eigenvalue weighted by molar-refractivity contribution is 7.53. The number of pyridine rings is 2. The summed E-state index contributed by atoms with van der Waals surface area (Å²) >= 11 is 0. The molecule has 0 bridgehead atoms. The average molecular weight is 1170 g/mol. The molecule has 4 saturated carbocycles. The number of aldehydes is 1. The van der Waals surface area contributed by atoms with Gasteiger partial charge in [0.05, 0.1) is 55.8 Å². The largest absolute Gasteiger partial charge is 0.462 e. The summed E-state index contributed by atoms with van der Waals surface area (Å²) in [5.41, 5.74) is 4.64. The first-order valence-electron chi connectivity index (χ1n) is 29.4. The van der Waals surface area contributed by atoms with Gasteiger partial charge in [-0.05, 0) is 176 Å². The maximum atomic E-state index is 13.6. The average Bonchev–Trinajstić information content (AvgIpc) is 2.42. The van der Waals surface area contributed by atoms with Crippen molar-refractivity contribution in [1.29, 1.82) is 0 Å². The molecule has 6 fully saturated rings. The third-order valence-corrected chi connectivity index (χ3v) is 19.1. The molecule has 2 aliphatic heterocycles. The van der Waals surface area contributed by atoms with Crippen molar-refractivity contribution in [2.75, 3.05) is 26.4 Å². The maximum Gasteiger partial charge on any atom is 0.407 e. The van der Waals surface area contributed by atoms with E-state index in [0.717, 1.165) is 92.7 Å². The molecule has 84 heavy (non-hydrogen) atoms. The fourth-order valence-corrected chi connectivity index (χ4v) is 15.4. The molecule has 2 unspecified atom stereocenters. The number of alkyl carbamates (subject to hydrolysis) is 2. The van der Waals surface area contributed by atoms with Crippen LogP contribution in [0.5, 0.6) is 0 Å². The molecule has 4 heterocycles. The van der Waals surface area contributed by atoms with Crippen molar-refractivity contribution in [1.82, 2.24) is 20.6 Å². The summed E-state index contributed by atoms with van der Waals surface area (Å²) in [4.78, 5) is 68.9. The van der Waals surface area contributed by atoms with Gasteiger partial charge in [0.1, 0.15) is 30.1 Å². The fourth-order valence-electron chi connectivity index (χ4n) is 13.7. The van der Waals surface area contributed by atoms with Crippen LogP contribution < -0.4 is 10.6 Å². The minimum absolute atomic E-state index is 0.0239. The third-order valence-electron chi connectivity index (χ3n) is 17.1. The van der Waals surface area contributed by atoms with Crippen molar-refractivity contribution in [3.63, 3.8) is 0 Å². The Morgan fingerprint density at radius 1 is 0.667 bits per heavy atom. The number of allylic oxidation sites excluding steroid dienone is 1. The molecule has 445 valence electrons. The van der Waals surface area contributed by atoms with Gasteiger partial charge >= 0.3 is 31.7 Å². The Bertz CT molecular complexity index is 2900. The van der Waals surface area contributed by atoms with E-state index in [1.807, 2.05) is 50.3 Å². The van der Waals surface area contributed by atoms with E-state index in [2.05, 4.69) is 42.2 Å². The molecule has 4 aliphatic carbocycles. The first-order chi connectivity index (χ1) is 40.4. The Hall–Kier alpha value is -6.17. The molecular weight excluding hydrogens is 1090 g/mol. The molecule has 2 saturated heterocycles. The van der Waals surface area contributed by atoms with E-state index in [4.69, 9.17) is 28.0 Å². The first kappa shape index (κ1) is 65.4. The Kier molecular flexibility index (Phi) is 24.4. The third kappa shape index (κ3) is 17.0. The number of hydrogen-bond donors (Lipinski definition) is 2. The fraction of sp³-hybridized carbons (Fsp3) is 0.532. The summed E-state index contributed by atoms with van der Waals surface area (Å²) in [7, 11) is 6.84. The number of cyclic esters (lactones) is 2. The van der Waals surface area contributed by atoms with Crippen molar-refractivity contribution in [2.45, 2.75) is 123 Å². The van der Waals surface area contributed by atoms with Crippen molar-refractivity contribution in [2.24, 2.45) is 59.2 Å². The lowest BCUT2D eigenvalue weighted by Gasteiger charge is -2.47. The number of halogens is 2. The summed E-state index contributed by atoms with van der Waals surface area (Å²) in [5, 5.41) is 5.90. The lowest BCUT2D eigenvalue weighted by atomic mass is 9.40. The van der Waals surface area contributed by atoms with E-state index in [1.54, 1.807) is 58.3 Å². The van der Waals surface area contributed by atoms with Gasteiger partial charge in [-0.15, -0.1) is 0 Å². The van der Waals surface area contributed by atoms with Crippen LogP contribution in [-0.4, -0.2) is 114 Å². The number of benzene rings is 2. The van der Waals surface area contributed by atoms with E-state index in [0.29, 0.717) is 49.9 Å². The van der Waals surface area contributed by atoms with Crippen LogP contribution in [0.15, 0.2) is 91.3 Å². The van der Waals surface area contributed by atoms with Gasteiger partial charge in [0, 0.05) is 75.9 Å². The van der Waals surface area contributed by atoms with Crippen LogP contribution in [0.2, 0.25) is 0 Å². The number of fused-ring (bicyclic) bond motifs is 4. The molecule has 16 nitrogen and oxygen atoms in total. The van der Waals surface area contributed by atoms with Gasteiger partial charge in [-0.3, -0.25) is 24.1 Å². The molecule has 10 rings (SSSR count). The number of carbonyl (C=O) groups is 5. The number of esters is 2. The molecular formula is C62H77B3F2N4O12P. The Morgan fingerprint density at radius 2 is 1.14 bits per heavy atom. The molecule has 4 aromatic rings. The Morgan fingerprint density at radius 3 is 1.57 bits per heavy atom. The summed E-state index contributed by atoms with van der Waals surface area (Å²) in [6, 6.07) is 20.4. The van der Waals surface area contributed by atoms with Crippen LogP contribution in [0.1, 0.15) is 104 Å². The summed E-state index contributed by atoms with van der Waals surface area (Å²) in [6.07, 6.45) is 14.6. The molecule has 22 heteroatoms. The van der Waals surface area contributed by atoms with E-state index < -0.39 is 7.60 Å². The van der Waals surface area contributed by atoms with Crippen molar-refractivity contribution in [3.05, 3.63) is 114 Å². The van der Waals surface area contributed by atoms with E-state index in [1.165, 1.54) is 24.3 Å². The Labute approximate surface area is 496 Å². The van der Waals surface area contributed by atoms with Crippen molar-refractivity contribution in [3.8, 4) is 22.3 Å². The van der Waals surface area contributed by atoms with E-state index in [9.17, 15) is 37.3 Å². The maximum absolute atomic E-state index is 13.6. The number of nitrogens with one attached hydrogen (secondary N) is 2. The molecule has 2 aromatic carbocycles. The van der Waals surface area contributed by atoms with Crippen LogP contribution >= 0.6 is 7.60 Å². The second-order valence-electron chi connectivity index (χ2n) is 22.2. The lowest BCUT2D eigenvalue weighted by molar-refractivity contribution is -0.145. The van der Waals surface area contributed by atoms with Crippen LogP contribution in [0.4, 0.5) is 18.4 Å². The van der Waals surface area contributed by atoms with Gasteiger partial charge in [0.15, 0.2) is 0 Å². The SMILES string of the molecule is CCOC(=O)NC1CC[C@@H]2[C@@H](C1)C[C@H]1C(=O)O[C@H](C)[C@H]1[C@H]2/C=C/c1ccc(-c2cccc(F)c2)cn1.CCOC(=O)NC1CC[C@@H]2[C@@H](C1)C[C@H]1C(=O)O[C@H](C)[C@H]1[C@H]2C=O.CCOP(=O)(Cc1ccc(-c2cccc(F)c2)cn1)OCC.[B][B][B]. The predicted octanol–water partition coefficient (Wildman–Crippen LogP) is 11.1. The molecule has 5 radical (unpaired) electrons. The number of aromatic nitrogens is 2. The minimum Gasteiger partial charge on any atom is -0.462 e. The molecule has 0 spiro atoms. The number of hydrogen-bond acceptors (Lipinski definition) is 14. The summed E-state index contributed by atoms with van der Waals surface area (Å²) < 4.78 is 70.8. The molecule has 2 amide bonds. The van der Waals surface area contributed by atoms with Gasteiger partial charge in [-0.2, -0.15) is 0 Å². The number of ether oxygens (including phenoxy) is 4. The number of nitrogens with zero attached hydrogens (tertiary/aromatic N) is 2. The van der Waals surface area contributed by atoms with E-state index in [-0.39, 0.29) is 108 Å². The van der Waals surface area contributed by atoms with E-state index >= 15 is 0 Å². The van der Waals surface area contributed by atoms with Gasteiger partial charge in [-0.1, -0.05) is 42.5 Å². The van der Waals surface area contributed by atoms with Crippen molar-refractivity contribution < 1.29 is 65.3 Å².